The van der Waals surface area contributed by atoms with Crippen LogP contribution in [0.4, 0.5) is 0 Å². The maximum atomic E-state index is 12.6. The molecule has 0 saturated carbocycles. The van der Waals surface area contributed by atoms with Crippen molar-refractivity contribution in [3.8, 4) is 11.5 Å². The number of hydrogen-bond acceptors (Lipinski definition) is 6. The van der Waals surface area contributed by atoms with Crippen LogP contribution in [0, 0.1) is 13.8 Å². The molecule has 1 aliphatic heterocycles. The fraction of sp³-hybridized carbons (Fsp3) is 0.391. The highest BCUT2D eigenvalue weighted by Gasteiger charge is 2.21. The zero-order chi connectivity index (χ0) is 21.5. The number of benzene rings is 1. The van der Waals surface area contributed by atoms with E-state index in [1.807, 2.05) is 36.9 Å². The van der Waals surface area contributed by atoms with Crippen molar-refractivity contribution in [1.29, 1.82) is 0 Å². The van der Waals surface area contributed by atoms with Crippen LogP contribution in [-0.2, 0) is 11.3 Å². The van der Waals surface area contributed by atoms with Crippen molar-refractivity contribution < 1.29 is 18.8 Å². The van der Waals surface area contributed by atoms with Gasteiger partial charge in [-0.05, 0) is 37.6 Å². The molecular formula is C23H29N3O4. The summed E-state index contributed by atoms with van der Waals surface area (Å²) in [6, 6.07) is 5.58. The SMILES string of the molecule is C=CCOc1ccc(C=CC(=O)N2CCN(Cc3c(C)noc3C)CC2)cc1OC. The summed E-state index contributed by atoms with van der Waals surface area (Å²) in [6.45, 7) is 11.8. The largest absolute Gasteiger partial charge is 0.493 e. The van der Waals surface area contributed by atoms with Gasteiger partial charge in [-0.1, -0.05) is 23.9 Å². The average Bonchev–Trinajstić information content (AvgIpc) is 3.08. The summed E-state index contributed by atoms with van der Waals surface area (Å²) in [6.07, 6.45) is 5.10. The Morgan fingerprint density at radius 3 is 2.63 bits per heavy atom. The smallest absolute Gasteiger partial charge is 0.246 e. The molecule has 1 aromatic heterocycles. The highest BCUT2D eigenvalue weighted by molar-refractivity contribution is 5.92. The van der Waals surface area contributed by atoms with Gasteiger partial charge in [-0.3, -0.25) is 9.69 Å². The van der Waals surface area contributed by atoms with Crippen LogP contribution in [0.15, 0.2) is 41.5 Å². The molecule has 0 atom stereocenters. The predicted octanol–water partition coefficient (Wildman–Crippen LogP) is 3.22. The molecule has 7 heteroatoms. The Bertz CT molecular complexity index is 892. The third-order valence-corrected chi connectivity index (χ3v) is 5.21. The number of hydrogen-bond donors (Lipinski definition) is 0. The lowest BCUT2D eigenvalue weighted by molar-refractivity contribution is -0.127. The van der Waals surface area contributed by atoms with Gasteiger partial charge >= 0.3 is 0 Å². The lowest BCUT2D eigenvalue weighted by Crippen LogP contribution is -2.47. The first-order chi connectivity index (χ1) is 14.5. The lowest BCUT2D eigenvalue weighted by Gasteiger charge is -2.34. The molecule has 7 nitrogen and oxygen atoms in total. The second kappa shape index (κ2) is 10.1. The Morgan fingerprint density at radius 1 is 1.23 bits per heavy atom. The van der Waals surface area contributed by atoms with Crippen molar-refractivity contribution in [1.82, 2.24) is 15.0 Å². The molecule has 0 unspecified atom stereocenters. The number of aryl methyl sites for hydroxylation is 2. The fourth-order valence-electron chi connectivity index (χ4n) is 3.41. The molecule has 0 bridgehead atoms. The van der Waals surface area contributed by atoms with Crippen LogP contribution in [0.1, 0.15) is 22.6 Å². The quantitative estimate of drug-likeness (QED) is 0.491. The number of aromatic nitrogens is 1. The van der Waals surface area contributed by atoms with E-state index < -0.39 is 0 Å². The molecule has 0 radical (unpaired) electrons. The van der Waals surface area contributed by atoms with E-state index in [2.05, 4.69) is 16.6 Å². The first-order valence-electron chi connectivity index (χ1n) is 10.0. The summed E-state index contributed by atoms with van der Waals surface area (Å²) in [5.74, 6) is 2.15. The molecule has 1 saturated heterocycles. The molecule has 0 aliphatic carbocycles. The van der Waals surface area contributed by atoms with Crippen molar-refractivity contribution in [2.45, 2.75) is 20.4 Å². The van der Waals surface area contributed by atoms with E-state index in [1.165, 1.54) is 0 Å². The second-order valence-corrected chi connectivity index (χ2v) is 7.25. The Labute approximate surface area is 177 Å². The van der Waals surface area contributed by atoms with Gasteiger partial charge in [0.25, 0.3) is 0 Å². The van der Waals surface area contributed by atoms with Gasteiger partial charge in [0.15, 0.2) is 11.5 Å². The number of carbonyl (C=O) groups excluding carboxylic acids is 1. The summed E-state index contributed by atoms with van der Waals surface area (Å²) < 4.78 is 16.2. The monoisotopic (exact) mass is 411 g/mol. The van der Waals surface area contributed by atoms with Crippen molar-refractivity contribution in [3.05, 3.63) is 59.5 Å². The molecule has 1 amide bonds. The van der Waals surface area contributed by atoms with E-state index in [1.54, 1.807) is 25.3 Å². The number of amides is 1. The normalized spacial score (nSPS) is 14.8. The summed E-state index contributed by atoms with van der Waals surface area (Å²) >= 11 is 0. The van der Waals surface area contributed by atoms with Gasteiger partial charge in [-0.2, -0.15) is 0 Å². The minimum Gasteiger partial charge on any atom is -0.493 e. The Hall–Kier alpha value is -3.06. The number of piperazine rings is 1. The van der Waals surface area contributed by atoms with Crippen LogP contribution in [0.3, 0.4) is 0 Å². The Kier molecular flexibility index (Phi) is 7.30. The maximum absolute atomic E-state index is 12.6. The van der Waals surface area contributed by atoms with Crippen molar-refractivity contribution in [3.63, 3.8) is 0 Å². The molecule has 0 spiro atoms. The third-order valence-electron chi connectivity index (χ3n) is 5.21. The first-order valence-corrected chi connectivity index (χ1v) is 10.0. The summed E-state index contributed by atoms with van der Waals surface area (Å²) in [7, 11) is 1.59. The van der Waals surface area contributed by atoms with E-state index in [0.29, 0.717) is 31.2 Å². The van der Waals surface area contributed by atoms with Crippen LogP contribution >= 0.6 is 0 Å². The van der Waals surface area contributed by atoms with Crippen molar-refractivity contribution >= 4 is 12.0 Å². The van der Waals surface area contributed by atoms with E-state index in [4.69, 9.17) is 14.0 Å². The van der Waals surface area contributed by atoms with Crippen LogP contribution < -0.4 is 9.47 Å². The first kappa shape index (κ1) is 21.6. The zero-order valence-corrected chi connectivity index (χ0v) is 17.9. The van der Waals surface area contributed by atoms with Gasteiger partial charge in [0, 0.05) is 44.4 Å². The lowest BCUT2D eigenvalue weighted by atomic mass is 10.1. The molecule has 1 fully saturated rings. The molecular weight excluding hydrogens is 382 g/mol. The fourth-order valence-corrected chi connectivity index (χ4v) is 3.41. The molecule has 3 rings (SSSR count). The van der Waals surface area contributed by atoms with E-state index >= 15 is 0 Å². The van der Waals surface area contributed by atoms with Crippen molar-refractivity contribution in [2.24, 2.45) is 0 Å². The Morgan fingerprint density at radius 2 is 2.00 bits per heavy atom. The minimum atomic E-state index is 0.0120. The number of nitrogens with zero attached hydrogens (tertiary/aromatic N) is 3. The number of ether oxygens (including phenoxy) is 2. The zero-order valence-electron chi connectivity index (χ0n) is 17.9. The van der Waals surface area contributed by atoms with Gasteiger partial charge < -0.3 is 18.9 Å². The molecule has 2 heterocycles. The molecule has 160 valence electrons. The van der Waals surface area contributed by atoms with Gasteiger partial charge in [0.2, 0.25) is 5.91 Å². The molecule has 1 aromatic carbocycles. The third kappa shape index (κ3) is 5.30. The van der Waals surface area contributed by atoms with E-state index in [9.17, 15) is 4.79 Å². The number of rotatable bonds is 8. The average molecular weight is 412 g/mol. The molecule has 1 aliphatic rings. The van der Waals surface area contributed by atoms with Crippen LogP contribution in [0.5, 0.6) is 11.5 Å². The van der Waals surface area contributed by atoms with Crippen LogP contribution in [0.25, 0.3) is 6.08 Å². The number of methoxy groups -OCH3 is 1. The highest BCUT2D eigenvalue weighted by Crippen LogP contribution is 2.28. The number of carbonyl (C=O) groups is 1. The second-order valence-electron chi connectivity index (χ2n) is 7.25. The van der Waals surface area contributed by atoms with Gasteiger partial charge in [-0.25, -0.2) is 0 Å². The van der Waals surface area contributed by atoms with Gasteiger partial charge in [0.05, 0.1) is 12.8 Å². The van der Waals surface area contributed by atoms with Crippen LogP contribution in [-0.4, -0.2) is 60.8 Å². The maximum Gasteiger partial charge on any atom is 0.246 e. The standard InChI is InChI=1S/C23H29N3O4/c1-5-14-29-21-8-6-19(15-22(21)28-4)7-9-23(27)26-12-10-25(11-13-26)16-20-17(2)24-30-18(20)3/h5-9,15H,1,10-14,16H2,2-4H3. The van der Waals surface area contributed by atoms with E-state index in [0.717, 1.165) is 42.2 Å². The van der Waals surface area contributed by atoms with Gasteiger partial charge in [-0.15, -0.1) is 0 Å². The predicted molar refractivity (Wildman–Crippen MR) is 116 cm³/mol. The summed E-state index contributed by atoms with van der Waals surface area (Å²) in [5.41, 5.74) is 2.96. The summed E-state index contributed by atoms with van der Waals surface area (Å²) in [4.78, 5) is 16.8. The summed E-state index contributed by atoms with van der Waals surface area (Å²) in [5, 5.41) is 4.01. The molecule has 0 N–H and O–H groups in total. The minimum absolute atomic E-state index is 0.0120. The van der Waals surface area contributed by atoms with Gasteiger partial charge in [0.1, 0.15) is 12.4 Å². The Balaban J connectivity index is 1.54. The molecule has 30 heavy (non-hydrogen) atoms. The topological polar surface area (TPSA) is 68.0 Å². The van der Waals surface area contributed by atoms with Crippen LogP contribution in [0.2, 0.25) is 0 Å². The molecule has 2 aromatic rings. The van der Waals surface area contributed by atoms with Crippen molar-refractivity contribution in [2.75, 3.05) is 39.9 Å². The highest BCUT2D eigenvalue weighted by atomic mass is 16.5. The van der Waals surface area contributed by atoms with E-state index in [-0.39, 0.29) is 5.91 Å².